The molecule has 3 nitrogen and oxygen atoms in total. The zero-order chi connectivity index (χ0) is 14.9. The summed E-state index contributed by atoms with van der Waals surface area (Å²) in [6.45, 7) is 7.77. The summed E-state index contributed by atoms with van der Waals surface area (Å²) in [6.07, 6.45) is 9.94. The van der Waals surface area contributed by atoms with Gasteiger partial charge in [0, 0.05) is 25.0 Å². The van der Waals surface area contributed by atoms with Gasteiger partial charge in [-0.25, -0.2) is 0 Å². The second-order valence-electron chi connectivity index (χ2n) is 8.15. The van der Waals surface area contributed by atoms with E-state index in [1.54, 1.807) is 0 Å². The largest absolute Gasteiger partial charge is 0.342 e. The first-order valence-corrected chi connectivity index (χ1v) is 9.10. The molecule has 1 N–H and O–H groups in total. The Kier molecular flexibility index (Phi) is 4.58. The number of rotatable bonds is 2. The third-order valence-corrected chi connectivity index (χ3v) is 6.32. The summed E-state index contributed by atoms with van der Waals surface area (Å²) in [5.74, 6) is 1.53. The molecular formula is C18H32N2O. The summed E-state index contributed by atoms with van der Waals surface area (Å²) in [5, 5.41) is 3.64. The molecule has 3 rings (SSSR count). The number of nitrogens with one attached hydrogen (secondary N) is 1. The van der Waals surface area contributed by atoms with Crippen LogP contribution in [0, 0.1) is 17.3 Å². The van der Waals surface area contributed by atoms with Crippen LogP contribution in [-0.2, 0) is 4.79 Å². The second-order valence-corrected chi connectivity index (χ2v) is 8.15. The molecule has 2 unspecified atom stereocenters. The van der Waals surface area contributed by atoms with Crippen LogP contribution in [0.4, 0.5) is 0 Å². The van der Waals surface area contributed by atoms with Crippen LogP contribution in [0.1, 0.15) is 65.2 Å². The number of carbonyl (C=O) groups is 1. The number of likely N-dealkylation sites (tertiary alicyclic amines) is 1. The first-order valence-electron chi connectivity index (χ1n) is 9.10. The molecule has 0 aromatic heterocycles. The first-order chi connectivity index (χ1) is 10.1. The van der Waals surface area contributed by atoms with Gasteiger partial charge in [0.05, 0.1) is 0 Å². The van der Waals surface area contributed by atoms with Gasteiger partial charge < -0.3 is 10.2 Å². The van der Waals surface area contributed by atoms with E-state index in [0.29, 0.717) is 5.91 Å². The quantitative estimate of drug-likeness (QED) is 0.847. The standard InChI is InChI=1S/C18H32N2O/c1-18(2)10-4-3-6-15(18)17(21)20-12-8-14(9-13-20)16-7-5-11-19-16/h14-16,19H,3-13H2,1-2H3. The molecular weight excluding hydrogens is 260 g/mol. The minimum atomic E-state index is 0.208. The van der Waals surface area contributed by atoms with E-state index in [1.165, 1.54) is 51.5 Å². The lowest BCUT2D eigenvalue weighted by Gasteiger charge is -2.42. The second kappa shape index (κ2) is 6.28. The Balaban J connectivity index is 1.54. The SMILES string of the molecule is CC1(C)CCCCC1C(=O)N1CCC(C2CCCN2)CC1. The molecule has 0 bridgehead atoms. The molecule has 21 heavy (non-hydrogen) atoms. The molecule has 3 aliphatic rings. The van der Waals surface area contributed by atoms with Gasteiger partial charge >= 0.3 is 0 Å². The maximum Gasteiger partial charge on any atom is 0.226 e. The number of hydrogen-bond donors (Lipinski definition) is 1. The molecule has 0 radical (unpaired) electrons. The highest BCUT2D eigenvalue weighted by molar-refractivity contribution is 5.79. The van der Waals surface area contributed by atoms with E-state index < -0.39 is 0 Å². The monoisotopic (exact) mass is 292 g/mol. The van der Waals surface area contributed by atoms with Crippen LogP contribution in [-0.4, -0.2) is 36.5 Å². The van der Waals surface area contributed by atoms with Crippen LogP contribution >= 0.6 is 0 Å². The number of amides is 1. The highest BCUT2D eigenvalue weighted by Gasteiger charge is 2.40. The van der Waals surface area contributed by atoms with Gasteiger partial charge in [0.15, 0.2) is 0 Å². The van der Waals surface area contributed by atoms with Gasteiger partial charge in [0.25, 0.3) is 0 Å². The van der Waals surface area contributed by atoms with Crippen molar-refractivity contribution in [3.63, 3.8) is 0 Å². The van der Waals surface area contributed by atoms with Gasteiger partial charge in [-0.15, -0.1) is 0 Å². The average Bonchev–Trinajstić information content (AvgIpc) is 3.00. The molecule has 0 spiro atoms. The molecule has 3 fully saturated rings. The van der Waals surface area contributed by atoms with Crippen LogP contribution in [0.15, 0.2) is 0 Å². The summed E-state index contributed by atoms with van der Waals surface area (Å²) in [5.41, 5.74) is 0.208. The molecule has 1 amide bonds. The van der Waals surface area contributed by atoms with Crippen LogP contribution in [0.2, 0.25) is 0 Å². The van der Waals surface area contributed by atoms with Crippen LogP contribution < -0.4 is 5.32 Å². The van der Waals surface area contributed by atoms with E-state index in [0.717, 1.165) is 31.5 Å². The molecule has 2 saturated heterocycles. The summed E-state index contributed by atoms with van der Waals surface area (Å²) in [4.78, 5) is 15.1. The minimum Gasteiger partial charge on any atom is -0.342 e. The normalized spacial score (nSPS) is 34.1. The van der Waals surface area contributed by atoms with Crippen molar-refractivity contribution in [3.05, 3.63) is 0 Å². The Hall–Kier alpha value is -0.570. The van der Waals surface area contributed by atoms with Crippen molar-refractivity contribution in [1.82, 2.24) is 10.2 Å². The Labute approximate surface area is 129 Å². The highest BCUT2D eigenvalue weighted by atomic mass is 16.2. The number of carbonyl (C=O) groups excluding carboxylic acids is 1. The maximum absolute atomic E-state index is 12.9. The Morgan fingerprint density at radius 1 is 1.05 bits per heavy atom. The van der Waals surface area contributed by atoms with E-state index in [1.807, 2.05) is 0 Å². The van der Waals surface area contributed by atoms with Crippen molar-refractivity contribution >= 4 is 5.91 Å². The van der Waals surface area contributed by atoms with Gasteiger partial charge in [-0.3, -0.25) is 4.79 Å². The van der Waals surface area contributed by atoms with Gasteiger partial charge in [0.1, 0.15) is 0 Å². The molecule has 2 heterocycles. The summed E-state index contributed by atoms with van der Waals surface area (Å²) < 4.78 is 0. The van der Waals surface area contributed by atoms with E-state index in [9.17, 15) is 4.79 Å². The number of nitrogens with zero attached hydrogens (tertiary/aromatic N) is 1. The fourth-order valence-corrected chi connectivity index (χ4v) is 4.81. The predicted molar refractivity (Wildman–Crippen MR) is 86.1 cm³/mol. The third kappa shape index (κ3) is 3.28. The predicted octanol–water partition coefficient (Wildman–Crippen LogP) is 3.19. The van der Waals surface area contributed by atoms with Crippen molar-refractivity contribution in [2.75, 3.05) is 19.6 Å². The van der Waals surface area contributed by atoms with Crippen molar-refractivity contribution < 1.29 is 4.79 Å². The van der Waals surface area contributed by atoms with Crippen molar-refractivity contribution in [2.24, 2.45) is 17.3 Å². The number of piperidine rings is 1. The minimum absolute atomic E-state index is 0.208. The molecule has 0 aromatic rings. The van der Waals surface area contributed by atoms with Crippen molar-refractivity contribution in [3.8, 4) is 0 Å². The summed E-state index contributed by atoms with van der Waals surface area (Å²) in [6, 6.07) is 0.730. The highest BCUT2D eigenvalue weighted by Crippen LogP contribution is 2.42. The lowest BCUT2D eigenvalue weighted by Crippen LogP contribution is -2.48. The molecule has 120 valence electrons. The zero-order valence-corrected chi connectivity index (χ0v) is 13.9. The molecule has 1 saturated carbocycles. The molecule has 2 atom stereocenters. The lowest BCUT2D eigenvalue weighted by molar-refractivity contribution is -0.142. The third-order valence-electron chi connectivity index (χ3n) is 6.32. The topological polar surface area (TPSA) is 32.3 Å². The Morgan fingerprint density at radius 2 is 1.81 bits per heavy atom. The fraction of sp³-hybridized carbons (Fsp3) is 0.944. The maximum atomic E-state index is 12.9. The van der Waals surface area contributed by atoms with Crippen LogP contribution in [0.3, 0.4) is 0 Å². The average molecular weight is 292 g/mol. The van der Waals surface area contributed by atoms with E-state index in [4.69, 9.17) is 0 Å². The molecule has 0 aromatic carbocycles. The van der Waals surface area contributed by atoms with Gasteiger partial charge in [-0.05, 0) is 56.4 Å². The Bertz CT molecular complexity index is 365. The molecule has 3 heteroatoms. The fourth-order valence-electron chi connectivity index (χ4n) is 4.81. The van der Waals surface area contributed by atoms with Gasteiger partial charge in [0.2, 0.25) is 5.91 Å². The van der Waals surface area contributed by atoms with Crippen LogP contribution in [0.5, 0.6) is 0 Å². The number of hydrogen-bond acceptors (Lipinski definition) is 2. The summed E-state index contributed by atoms with van der Waals surface area (Å²) in [7, 11) is 0. The first kappa shape index (κ1) is 15.3. The van der Waals surface area contributed by atoms with Crippen molar-refractivity contribution in [2.45, 2.75) is 71.3 Å². The van der Waals surface area contributed by atoms with Crippen LogP contribution in [0.25, 0.3) is 0 Å². The Morgan fingerprint density at radius 3 is 2.43 bits per heavy atom. The summed E-state index contributed by atoms with van der Waals surface area (Å²) >= 11 is 0. The van der Waals surface area contributed by atoms with Gasteiger partial charge in [-0.1, -0.05) is 26.7 Å². The molecule has 1 aliphatic carbocycles. The van der Waals surface area contributed by atoms with E-state index in [2.05, 4.69) is 24.1 Å². The zero-order valence-electron chi connectivity index (χ0n) is 13.9. The van der Waals surface area contributed by atoms with E-state index in [-0.39, 0.29) is 11.3 Å². The molecule has 2 aliphatic heterocycles. The van der Waals surface area contributed by atoms with Gasteiger partial charge in [-0.2, -0.15) is 0 Å². The van der Waals surface area contributed by atoms with Crippen molar-refractivity contribution in [1.29, 1.82) is 0 Å². The lowest BCUT2D eigenvalue weighted by atomic mass is 9.68. The van der Waals surface area contributed by atoms with E-state index >= 15 is 0 Å². The smallest absolute Gasteiger partial charge is 0.226 e.